The SMILES string of the molecule is C=S(C)(=O)c1cccc2c1C(N)=NS(=O)(=O)C2. The molecule has 0 fully saturated rings. The molecule has 5 nitrogen and oxygen atoms in total. The second kappa shape index (κ2) is 3.58. The van der Waals surface area contributed by atoms with E-state index in [4.69, 9.17) is 5.73 Å². The van der Waals surface area contributed by atoms with Crippen LogP contribution in [0.5, 0.6) is 0 Å². The average molecular weight is 272 g/mol. The molecule has 1 aromatic carbocycles. The maximum absolute atomic E-state index is 12.0. The zero-order valence-corrected chi connectivity index (χ0v) is 10.8. The number of hydrogen-bond acceptors (Lipinski definition) is 4. The number of amidine groups is 1. The van der Waals surface area contributed by atoms with Gasteiger partial charge in [0.25, 0.3) is 10.0 Å². The molecule has 2 rings (SSSR count). The standard InChI is InChI=1S/C10H12N2O3S2/c1-16(2,13)8-5-3-4-7-6-17(14,15)12-10(11)9(7)8/h3-5H,1,6H2,2H3,(H2,11,12). The van der Waals surface area contributed by atoms with E-state index in [1.165, 1.54) is 6.26 Å². The molecule has 17 heavy (non-hydrogen) atoms. The molecule has 1 aliphatic heterocycles. The van der Waals surface area contributed by atoms with Gasteiger partial charge in [-0.15, -0.1) is 4.40 Å². The topological polar surface area (TPSA) is 89.6 Å². The van der Waals surface area contributed by atoms with Gasteiger partial charge < -0.3 is 5.73 Å². The Morgan fingerprint density at radius 3 is 2.71 bits per heavy atom. The van der Waals surface area contributed by atoms with Crippen molar-refractivity contribution in [3.05, 3.63) is 29.3 Å². The minimum absolute atomic E-state index is 0.111. The Morgan fingerprint density at radius 2 is 2.12 bits per heavy atom. The summed E-state index contributed by atoms with van der Waals surface area (Å²) >= 11 is 0. The summed E-state index contributed by atoms with van der Waals surface area (Å²) in [5.41, 5.74) is 6.61. The molecule has 1 aromatic rings. The molecule has 0 spiro atoms. The van der Waals surface area contributed by atoms with Crippen molar-refractivity contribution in [2.45, 2.75) is 10.6 Å². The fourth-order valence-electron chi connectivity index (χ4n) is 1.77. The lowest BCUT2D eigenvalue weighted by atomic mass is 10.1. The zero-order valence-electron chi connectivity index (χ0n) is 9.21. The average Bonchev–Trinajstić information content (AvgIpc) is 2.13. The second-order valence-corrected chi connectivity index (χ2v) is 8.08. The Hall–Kier alpha value is -1.34. The summed E-state index contributed by atoms with van der Waals surface area (Å²) in [7, 11) is -6.03. The lowest BCUT2D eigenvalue weighted by molar-refractivity contribution is 0.596. The largest absolute Gasteiger partial charge is 0.382 e. The van der Waals surface area contributed by atoms with Crippen molar-refractivity contribution >= 4 is 31.3 Å². The molecule has 0 amide bonds. The number of nitrogens with two attached hydrogens (primary N) is 1. The van der Waals surface area contributed by atoms with Gasteiger partial charge in [0.15, 0.2) is 0 Å². The van der Waals surface area contributed by atoms with Crippen molar-refractivity contribution in [3.8, 4) is 0 Å². The van der Waals surface area contributed by atoms with Gasteiger partial charge in [0.1, 0.15) is 5.84 Å². The molecule has 7 heteroatoms. The molecule has 1 unspecified atom stereocenters. The third-order valence-electron chi connectivity index (χ3n) is 2.41. The van der Waals surface area contributed by atoms with Gasteiger partial charge in [0.05, 0.1) is 5.75 Å². The first kappa shape index (κ1) is 12.1. The molecule has 1 heterocycles. The molecule has 1 atom stereocenters. The Bertz CT molecular complexity index is 716. The summed E-state index contributed by atoms with van der Waals surface area (Å²) in [6.07, 6.45) is 1.49. The van der Waals surface area contributed by atoms with Gasteiger partial charge in [-0.1, -0.05) is 12.1 Å². The normalized spacial score (nSPS) is 21.1. The van der Waals surface area contributed by atoms with Crippen LogP contribution >= 0.6 is 0 Å². The third kappa shape index (κ3) is 2.20. The number of nitrogens with zero attached hydrogens (tertiary/aromatic N) is 1. The number of hydrogen-bond donors (Lipinski definition) is 1. The van der Waals surface area contributed by atoms with Crippen molar-refractivity contribution in [1.29, 1.82) is 0 Å². The van der Waals surface area contributed by atoms with Crippen LogP contribution in [0, 0.1) is 0 Å². The summed E-state index contributed by atoms with van der Waals surface area (Å²) in [6.45, 7) is 0. The van der Waals surface area contributed by atoms with Crippen LogP contribution in [0.15, 0.2) is 27.5 Å². The van der Waals surface area contributed by atoms with Gasteiger partial charge in [0, 0.05) is 16.7 Å². The van der Waals surface area contributed by atoms with Crippen LogP contribution in [0.4, 0.5) is 0 Å². The first-order valence-corrected chi connectivity index (χ1v) is 8.48. The highest BCUT2D eigenvalue weighted by atomic mass is 32.2. The van der Waals surface area contributed by atoms with Crippen LogP contribution in [0.3, 0.4) is 0 Å². The van der Waals surface area contributed by atoms with Crippen LogP contribution in [0.2, 0.25) is 0 Å². The van der Waals surface area contributed by atoms with Crippen molar-refractivity contribution < 1.29 is 12.6 Å². The third-order valence-corrected chi connectivity index (χ3v) is 4.83. The summed E-state index contributed by atoms with van der Waals surface area (Å²) in [5.74, 6) is 3.26. The summed E-state index contributed by atoms with van der Waals surface area (Å²) in [4.78, 5) is 0.450. The van der Waals surface area contributed by atoms with Crippen molar-refractivity contribution in [1.82, 2.24) is 0 Å². The number of fused-ring (bicyclic) bond motifs is 1. The summed E-state index contributed by atoms with van der Waals surface area (Å²) in [6, 6.07) is 4.92. The summed E-state index contributed by atoms with van der Waals surface area (Å²) < 4.78 is 38.3. The fraction of sp³-hybridized carbons (Fsp3) is 0.200. The predicted octanol–water partition coefficient (Wildman–Crippen LogP) is -0.0596. The van der Waals surface area contributed by atoms with Gasteiger partial charge in [0.2, 0.25) is 0 Å². The maximum atomic E-state index is 12.0. The smallest absolute Gasteiger partial charge is 0.259 e. The van der Waals surface area contributed by atoms with Crippen molar-refractivity contribution in [3.63, 3.8) is 0 Å². The molecule has 0 saturated heterocycles. The molecule has 0 radical (unpaired) electrons. The molecule has 2 N–H and O–H groups in total. The maximum Gasteiger partial charge on any atom is 0.259 e. The van der Waals surface area contributed by atoms with Crippen LogP contribution in [-0.2, 0) is 25.3 Å². The second-order valence-electron chi connectivity index (χ2n) is 4.00. The number of rotatable bonds is 1. The fourth-order valence-corrected chi connectivity index (χ4v) is 3.89. The van der Waals surface area contributed by atoms with E-state index in [0.29, 0.717) is 16.0 Å². The van der Waals surface area contributed by atoms with Gasteiger partial charge in [-0.3, -0.25) is 4.21 Å². The van der Waals surface area contributed by atoms with Crippen LogP contribution in [0.1, 0.15) is 11.1 Å². The van der Waals surface area contributed by atoms with Crippen molar-refractivity contribution in [2.24, 2.45) is 10.1 Å². The highest BCUT2D eigenvalue weighted by Gasteiger charge is 2.25. The molecule has 0 saturated carbocycles. The van der Waals surface area contributed by atoms with Crippen LogP contribution in [-0.4, -0.2) is 30.6 Å². The monoisotopic (exact) mass is 272 g/mol. The van der Waals surface area contributed by atoms with E-state index in [1.807, 2.05) is 0 Å². The first-order valence-electron chi connectivity index (χ1n) is 4.73. The van der Waals surface area contributed by atoms with E-state index in [9.17, 15) is 12.6 Å². The van der Waals surface area contributed by atoms with Crippen LogP contribution in [0.25, 0.3) is 0 Å². The Labute approximate surface area is 100 Å². The van der Waals surface area contributed by atoms with Gasteiger partial charge >= 0.3 is 0 Å². The molecule has 1 aliphatic rings. The molecular weight excluding hydrogens is 260 g/mol. The molecule has 0 bridgehead atoms. The van der Waals surface area contributed by atoms with Gasteiger partial charge in [-0.2, -0.15) is 0 Å². The van der Waals surface area contributed by atoms with E-state index in [-0.39, 0.29) is 11.6 Å². The van der Waals surface area contributed by atoms with E-state index in [2.05, 4.69) is 10.3 Å². The molecule has 92 valence electrons. The van der Waals surface area contributed by atoms with Gasteiger partial charge in [-0.25, -0.2) is 8.42 Å². The minimum Gasteiger partial charge on any atom is -0.382 e. The van der Waals surface area contributed by atoms with Crippen LogP contribution < -0.4 is 5.73 Å². The lowest BCUT2D eigenvalue weighted by Gasteiger charge is -2.18. The van der Waals surface area contributed by atoms with Crippen molar-refractivity contribution in [2.75, 3.05) is 6.26 Å². The first-order chi connectivity index (χ1) is 7.71. The van der Waals surface area contributed by atoms with Gasteiger partial charge in [-0.05, 0) is 27.0 Å². The van der Waals surface area contributed by atoms with E-state index >= 15 is 0 Å². The quantitative estimate of drug-likeness (QED) is 0.725. The number of benzene rings is 1. The Morgan fingerprint density at radius 1 is 1.47 bits per heavy atom. The van der Waals surface area contributed by atoms with E-state index < -0.39 is 19.5 Å². The van der Waals surface area contributed by atoms with E-state index in [0.717, 1.165) is 0 Å². The Balaban J connectivity index is 2.83. The molecule has 0 aromatic heterocycles. The predicted molar refractivity (Wildman–Crippen MR) is 69.2 cm³/mol. The number of sulfonamides is 1. The lowest BCUT2D eigenvalue weighted by Crippen LogP contribution is -2.26. The highest BCUT2D eigenvalue weighted by Crippen LogP contribution is 2.25. The van der Waals surface area contributed by atoms with E-state index in [1.54, 1.807) is 18.2 Å². The zero-order chi connectivity index (χ0) is 12.8. The summed E-state index contributed by atoms with van der Waals surface area (Å²) in [5, 5.41) is 0. The highest BCUT2D eigenvalue weighted by molar-refractivity contribution is 7.99. The molecular formula is C10H12N2O3S2. The Kier molecular flexibility index (Phi) is 2.55. The minimum atomic E-state index is -3.56. The molecule has 0 aliphatic carbocycles.